The monoisotopic (exact) mass is 1080 g/mol. The number of esters is 1. The molecule has 21 heteroatoms. The van der Waals surface area contributed by atoms with Crippen molar-refractivity contribution in [3.8, 4) is 34.0 Å². The van der Waals surface area contributed by atoms with Crippen LogP contribution in [0.25, 0.3) is 22.5 Å². The smallest absolute Gasteiger partial charge is 0.467 e. The Morgan fingerprint density at radius 3 is 1.85 bits per heavy atom. The van der Waals surface area contributed by atoms with Crippen LogP contribution in [0, 0.1) is 6.92 Å². The third-order valence-corrected chi connectivity index (χ3v) is 11.7. The molecule has 0 aliphatic carbocycles. The van der Waals surface area contributed by atoms with Crippen LogP contribution in [0.3, 0.4) is 0 Å². The molecule has 0 radical (unpaired) electrons. The molecule has 4 atom stereocenters. The van der Waals surface area contributed by atoms with Gasteiger partial charge < -0.3 is 54.6 Å². The van der Waals surface area contributed by atoms with Crippen LogP contribution in [0.15, 0.2) is 66.9 Å². The minimum atomic E-state index is -1.66. The van der Waals surface area contributed by atoms with Crippen LogP contribution in [0.1, 0.15) is 135 Å². The van der Waals surface area contributed by atoms with E-state index in [4.69, 9.17) is 28.4 Å². The second-order valence-electron chi connectivity index (χ2n) is 22.9. The van der Waals surface area contributed by atoms with E-state index in [9.17, 15) is 33.6 Å². The van der Waals surface area contributed by atoms with E-state index in [0.717, 1.165) is 17.6 Å². The number of rotatable bonds is 11. The van der Waals surface area contributed by atoms with Crippen LogP contribution in [0.5, 0.6) is 11.5 Å². The van der Waals surface area contributed by atoms with Gasteiger partial charge in [-0.25, -0.2) is 29.1 Å². The Morgan fingerprint density at radius 1 is 0.744 bits per heavy atom. The van der Waals surface area contributed by atoms with Crippen molar-refractivity contribution in [2.24, 2.45) is 0 Å². The summed E-state index contributed by atoms with van der Waals surface area (Å²) in [6.07, 6.45) is -2.08. The number of likely N-dealkylation sites (N-methyl/N-ethyl adjacent to an activating group) is 1. The van der Waals surface area contributed by atoms with Gasteiger partial charge in [-0.3, -0.25) is 19.2 Å². The summed E-state index contributed by atoms with van der Waals surface area (Å²) in [7, 11) is 2.43. The lowest BCUT2D eigenvalue weighted by atomic mass is 9.87. The number of aromatic nitrogens is 2. The van der Waals surface area contributed by atoms with Gasteiger partial charge in [0.1, 0.15) is 52.5 Å². The van der Waals surface area contributed by atoms with E-state index in [1.54, 1.807) is 69.2 Å². The third kappa shape index (κ3) is 16.9. The summed E-state index contributed by atoms with van der Waals surface area (Å²) in [5.74, 6) is -4.07. The SMILES string of the molecule is COC(=O)[C@@H]1Cc2ccc(OC(=O)OC(C)(C)C)c(c2)-c2cc(ccc2OC(=O)OC(C)(C)C)[C@H](N(C)C(=O)[C@H](CCNC(=O)OC(C)(C)C)NC(=O)c2cnc(-c3ccc(C(C)(C)C)cc3)nc2C)C(=O)N[C@@H](C)C(=O)N1. The number of alkyl carbamates (subject to hydrolysis) is 1. The molecule has 1 aliphatic heterocycles. The number of benzene rings is 3. The molecule has 420 valence electrons. The molecule has 0 unspecified atom stereocenters. The van der Waals surface area contributed by atoms with E-state index in [1.165, 1.54) is 56.6 Å². The van der Waals surface area contributed by atoms with Crippen molar-refractivity contribution in [3.63, 3.8) is 0 Å². The van der Waals surface area contributed by atoms with Crippen molar-refractivity contribution in [1.29, 1.82) is 0 Å². The molecule has 5 rings (SSSR count). The fraction of sp³-hybridized carbons (Fsp3) is 0.474. The Balaban J connectivity index is 1.67. The number of nitrogens with one attached hydrogen (secondary N) is 4. The standard InChI is InChI=1S/C57H73N7O14/c1-31-39(30-59-45(60-31)34-18-21-36(22-19-34)54(3,4)5)47(66)62-40(25-26-58-51(70)76-55(6,7)8)49(68)64(15)44-35-20-24-43(75-53(72)78-57(12,13)14)38(29-35)37-27-33(17-23-42(37)74-52(71)77-56(9,10)11)28-41(50(69)73-16)63-46(65)32(2)61-48(44)67/h17-24,27,29-30,32,40-41,44H,25-26,28H2,1-16H3,(H,58,70)(H,61,67)(H,62,66)(H,63,65)/t32-,40-,41-,44-/m0/s1. The topological polar surface area (TPSA) is 269 Å². The van der Waals surface area contributed by atoms with Gasteiger partial charge in [-0.1, -0.05) is 57.2 Å². The highest BCUT2D eigenvalue weighted by atomic mass is 16.7. The molecule has 0 saturated carbocycles. The predicted molar refractivity (Wildman–Crippen MR) is 287 cm³/mol. The first-order chi connectivity index (χ1) is 36.1. The Kier molecular flexibility index (Phi) is 19.1. The minimum Gasteiger partial charge on any atom is -0.467 e. The van der Waals surface area contributed by atoms with Crippen molar-refractivity contribution in [2.45, 2.75) is 156 Å². The second kappa shape index (κ2) is 24.5. The van der Waals surface area contributed by atoms with Crippen molar-refractivity contribution in [2.75, 3.05) is 20.7 Å². The molecule has 1 aromatic heterocycles. The number of carbonyl (C=O) groups is 8. The Bertz CT molecular complexity index is 2910. The number of hydrogen-bond acceptors (Lipinski definition) is 16. The highest BCUT2D eigenvalue weighted by Gasteiger charge is 2.37. The van der Waals surface area contributed by atoms with Crippen LogP contribution in [0.2, 0.25) is 0 Å². The highest BCUT2D eigenvalue weighted by Crippen LogP contribution is 2.41. The third-order valence-electron chi connectivity index (χ3n) is 11.7. The van der Waals surface area contributed by atoms with Gasteiger partial charge in [0.25, 0.3) is 5.91 Å². The number of hydrogen-bond donors (Lipinski definition) is 4. The van der Waals surface area contributed by atoms with Crippen LogP contribution in [-0.4, -0.2) is 119 Å². The fourth-order valence-corrected chi connectivity index (χ4v) is 7.97. The molecule has 4 aromatic rings. The van der Waals surface area contributed by atoms with Crippen molar-refractivity contribution < 1.29 is 66.8 Å². The zero-order chi connectivity index (χ0) is 58.2. The Morgan fingerprint density at radius 2 is 1.31 bits per heavy atom. The van der Waals surface area contributed by atoms with Gasteiger partial charge in [-0.15, -0.1) is 0 Å². The average Bonchev–Trinajstić information content (AvgIpc) is 3.31. The van der Waals surface area contributed by atoms with E-state index in [-0.39, 0.29) is 64.2 Å². The summed E-state index contributed by atoms with van der Waals surface area (Å²) in [5.41, 5.74) is -0.267. The minimum absolute atomic E-state index is 0.0247. The van der Waals surface area contributed by atoms with Gasteiger partial charge in [0.05, 0.1) is 18.4 Å². The van der Waals surface area contributed by atoms with E-state index < -0.39 is 89.0 Å². The lowest BCUT2D eigenvalue weighted by Gasteiger charge is -2.32. The molecule has 2 heterocycles. The molecule has 3 aromatic carbocycles. The quantitative estimate of drug-likeness (QED) is 0.0630. The molecule has 4 bridgehead atoms. The van der Waals surface area contributed by atoms with Crippen LogP contribution in [-0.2, 0) is 50.0 Å². The second-order valence-corrected chi connectivity index (χ2v) is 22.9. The lowest BCUT2D eigenvalue weighted by Crippen LogP contribution is -2.55. The van der Waals surface area contributed by atoms with Crippen LogP contribution in [0.4, 0.5) is 14.4 Å². The number of carbonyl (C=O) groups excluding carboxylic acids is 8. The zero-order valence-electron chi connectivity index (χ0n) is 47.3. The summed E-state index contributed by atoms with van der Waals surface area (Å²) < 4.78 is 33.0. The number of methoxy groups -OCH3 is 1. The summed E-state index contributed by atoms with van der Waals surface area (Å²) in [6, 6.07) is 10.6. The first-order valence-corrected chi connectivity index (χ1v) is 25.4. The van der Waals surface area contributed by atoms with E-state index >= 15 is 4.79 Å². The van der Waals surface area contributed by atoms with Gasteiger partial charge in [0.2, 0.25) is 17.7 Å². The van der Waals surface area contributed by atoms with Crippen molar-refractivity contribution >= 4 is 48.0 Å². The molecule has 4 N–H and O–H groups in total. The molecule has 0 spiro atoms. The van der Waals surface area contributed by atoms with E-state index in [0.29, 0.717) is 17.0 Å². The summed E-state index contributed by atoms with van der Waals surface area (Å²) in [5, 5.41) is 10.7. The number of ether oxygens (including phenoxy) is 6. The molecular formula is C57H73N7O14. The van der Waals surface area contributed by atoms with Gasteiger partial charge in [0, 0.05) is 42.9 Å². The number of fused-ring (bicyclic) bond motifs is 5. The molecule has 0 saturated heterocycles. The molecule has 78 heavy (non-hydrogen) atoms. The van der Waals surface area contributed by atoms with Crippen LogP contribution >= 0.6 is 0 Å². The largest absolute Gasteiger partial charge is 0.514 e. The normalized spacial score (nSPS) is 16.4. The first kappa shape index (κ1) is 60.8. The average molecular weight is 1080 g/mol. The van der Waals surface area contributed by atoms with Gasteiger partial charge in [0.15, 0.2) is 5.82 Å². The predicted octanol–water partition coefficient (Wildman–Crippen LogP) is 7.98. The van der Waals surface area contributed by atoms with Crippen molar-refractivity contribution in [1.82, 2.24) is 36.1 Å². The highest BCUT2D eigenvalue weighted by molar-refractivity contribution is 6.00. The lowest BCUT2D eigenvalue weighted by molar-refractivity contribution is -0.145. The molecule has 21 nitrogen and oxygen atoms in total. The van der Waals surface area contributed by atoms with Crippen LogP contribution < -0.4 is 30.7 Å². The summed E-state index contributed by atoms with van der Waals surface area (Å²) in [6.45, 7) is 23.9. The number of aryl methyl sites for hydroxylation is 1. The maximum atomic E-state index is 15.2. The Hall–Kier alpha value is -8.10. The summed E-state index contributed by atoms with van der Waals surface area (Å²) in [4.78, 5) is 121. The van der Waals surface area contributed by atoms with Gasteiger partial charge >= 0.3 is 24.4 Å². The van der Waals surface area contributed by atoms with E-state index in [1.807, 2.05) is 24.3 Å². The van der Waals surface area contributed by atoms with E-state index in [2.05, 4.69) is 52.0 Å². The molecular weight excluding hydrogens is 1010 g/mol. The number of nitrogens with zero attached hydrogens (tertiary/aromatic N) is 3. The number of amides is 5. The molecule has 5 amide bonds. The van der Waals surface area contributed by atoms with Crippen molar-refractivity contribution in [3.05, 3.63) is 94.8 Å². The molecule has 1 aliphatic rings. The first-order valence-electron chi connectivity index (χ1n) is 25.4. The Labute approximate surface area is 455 Å². The summed E-state index contributed by atoms with van der Waals surface area (Å²) >= 11 is 0. The maximum Gasteiger partial charge on any atom is 0.514 e. The zero-order valence-corrected chi connectivity index (χ0v) is 47.3. The maximum absolute atomic E-state index is 15.2. The van der Waals surface area contributed by atoms with Gasteiger partial charge in [-0.05, 0) is 129 Å². The van der Waals surface area contributed by atoms with Gasteiger partial charge in [-0.2, -0.15) is 0 Å². The fourth-order valence-electron chi connectivity index (χ4n) is 7.97. The molecule has 0 fully saturated rings.